The zero-order valence-corrected chi connectivity index (χ0v) is 7.71. The third-order valence-electron chi connectivity index (χ3n) is 3.81. The van der Waals surface area contributed by atoms with E-state index < -0.39 is 0 Å². The van der Waals surface area contributed by atoms with Gasteiger partial charge in [0.15, 0.2) is 0 Å². The molecule has 1 saturated heterocycles. The number of amides is 1. The highest BCUT2D eigenvalue weighted by atomic mass is 16.5. The van der Waals surface area contributed by atoms with Crippen molar-refractivity contribution in [2.45, 2.75) is 31.2 Å². The normalized spacial score (nSPS) is 48.5. The number of hydrogen-bond acceptors (Lipinski definition) is 2. The van der Waals surface area contributed by atoms with Gasteiger partial charge in [0.05, 0.1) is 12.1 Å². The molecule has 0 aromatic carbocycles. The van der Waals surface area contributed by atoms with E-state index in [1.807, 2.05) is 0 Å². The highest BCUT2D eigenvalue weighted by molar-refractivity contribution is 5.79. The minimum absolute atomic E-state index is 0.0399. The van der Waals surface area contributed by atoms with E-state index in [2.05, 4.69) is 5.32 Å². The molecule has 0 aromatic heterocycles. The molecule has 3 fully saturated rings. The van der Waals surface area contributed by atoms with Crippen molar-refractivity contribution >= 4 is 5.91 Å². The monoisotopic (exact) mass is 181 g/mol. The fraction of sp³-hybridized carbons (Fsp3) is 0.900. The Morgan fingerprint density at radius 2 is 2.46 bits per heavy atom. The van der Waals surface area contributed by atoms with Crippen molar-refractivity contribution < 1.29 is 9.53 Å². The standard InChI is InChI=1S/C10H15NO2/c12-9-5-13-6-10(11-9)3-1-2-7-4-8(7)10/h7-8H,1-6H2,(H,11,12). The number of morpholine rings is 1. The fourth-order valence-corrected chi connectivity index (χ4v) is 3.12. The van der Waals surface area contributed by atoms with Gasteiger partial charge in [-0.15, -0.1) is 0 Å². The maximum Gasteiger partial charge on any atom is 0.246 e. The van der Waals surface area contributed by atoms with E-state index in [9.17, 15) is 4.79 Å². The van der Waals surface area contributed by atoms with Crippen molar-refractivity contribution in [2.75, 3.05) is 13.2 Å². The average Bonchev–Trinajstić information content (AvgIpc) is 2.84. The zero-order valence-electron chi connectivity index (χ0n) is 7.71. The molecule has 13 heavy (non-hydrogen) atoms. The molecular weight excluding hydrogens is 166 g/mol. The van der Waals surface area contributed by atoms with Crippen LogP contribution in [0.1, 0.15) is 25.7 Å². The van der Waals surface area contributed by atoms with Gasteiger partial charge in [-0.25, -0.2) is 0 Å². The molecule has 3 heteroatoms. The Hall–Kier alpha value is -0.570. The molecular formula is C10H15NO2. The van der Waals surface area contributed by atoms with Crippen LogP contribution < -0.4 is 5.32 Å². The first-order chi connectivity index (χ1) is 6.30. The first-order valence-electron chi connectivity index (χ1n) is 5.19. The molecule has 3 nitrogen and oxygen atoms in total. The zero-order chi connectivity index (χ0) is 8.89. The van der Waals surface area contributed by atoms with Gasteiger partial charge >= 0.3 is 0 Å². The molecule has 0 radical (unpaired) electrons. The molecule has 1 heterocycles. The number of ether oxygens (including phenoxy) is 1. The van der Waals surface area contributed by atoms with Crippen LogP contribution in [-0.2, 0) is 9.53 Å². The van der Waals surface area contributed by atoms with Crippen molar-refractivity contribution in [1.82, 2.24) is 5.32 Å². The molecule has 3 unspecified atom stereocenters. The second-order valence-electron chi connectivity index (χ2n) is 4.69. The first kappa shape index (κ1) is 7.80. The molecule has 3 aliphatic rings. The van der Waals surface area contributed by atoms with E-state index in [1.54, 1.807) is 0 Å². The molecule has 72 valence electrons. The minimum atomic E-state index is 0.0399. The van der Waals surface area contributed by atoms with Gasteiger partial charge in [-0.3, -0.25) is 4.79 Å². The van der Waals surface area contributed by atoms with E-state index in [-0.39, 0.29) is 18.1 Å². The fourth-order valence-electron chi connectivity index (χ4n) is 3.12. The Morgan fingerprint density at radius 3 is 3.31 bits per heavy atom. The summed E-state index contributed by atoms with van der Waals surface area (Å²) in [6.45, 7) is 1.01. The summed E-state index contributed by atoms with van der Waals surface area (Å²) in [6, 6.07) is 0. The predicted molar refractivity (Wildman–Crippen MR) is 47.1 cm³/mol. The topological polar surface area (TPSA) is 38.3 Å². The Balaban J connectivity index is 1.82. The molecule has 3 atom stereocenters. The van der Waals surface area contributed by atoms with Crippen LogP contribution in [0.3, 0.4) is 0 Å². The molecule has 1 N–H and O–H groups in total. The van der Waals surface area contributed by atoms with Crippen LogP contribution in [0.15, 0.2) is 0 Å². The lowest BCUT2D eigenvalue weighted by molar-refractivity contribution is -0.137. The summed E-state index contributed by atoms with van der Waals surface area (Å²) in [5, 5.41) is 3.16. The quantitative estimate of drug-likeness (QED) is 0.597. The molecule has 2 aliphatic carbocycles. The van der Waals surface area contributed by atoms with Gasteiger partial charge in [0.1, 0.15) is 6.61 Å². The Bertz CT molecular complexity index is 249. The van der Waals surface area contributed by atoms with Crippen molar-refractivity contribution in [1.29, 1.82) is 0 Å². The second kappa shape index (κ2) is 2.47. The largest absolute Gasteiger partial charge is 0.369 e. The van der Waals surface area contributed by atoms with Crippen LogP contribution in [0.2, 0.25) is 0 Å². The molecule has 0 bridgehead atoms. The third-order valence-corrected chi connectivity index (χ3v) is 3.81. The molecule has 1 spiro atoms. The summed E-state index contributed by atoms with van der Waals surface area (Å²) in [5.41, 5.74) is 0.0399. The summed E-state index contributed by atoms with van der Waals surface area (Å²) in [4.78, 5) is 11.3. The van der Waals surface area contributed by atoms with E-state index in [4.69, 9.17) is 4.74 Å². The second-order valence-corrected chi connectivity index (χ2v) is 4.69. The number of carbonyl (C=O) groups excluding carboxylic acids is 1. The SMILES string of the molecule is O=C1COCC2(CCCC3CC32)N1. The van der Waals surface area contributed by atoms with Crippen LogP contribution in [0.5, 0.6) is 0 Å². The highest BCUT2D eigenvalue weighted by Gasteiger charge is 2.56. The van der Waals surface area contributed by atoms with E-state index in [0.717, 1.165) is 24.9 Å². The van der Waals surface area contributed by atoms with Gasteiger partial charge < -0.3 is 10.1 Å². The lowest BCUT2D eigenvalue weighted by Crippen LogP contribution is -2.59. The van der Waals surface area contributed by atoms with Crippen molar-refractivity contribution in [3.8, 4) is 0 Å². The lowest BCUT2D eigenvalue weighted by atomic mass is 9.81. The van der Waals surface area contributed by atoms with Gasteiger partial charge in [0, 0.05) is 0 Å². The summed E-state index contributed by atoms with van der Waals surface area (Å²) < 4.78 is 5.36. The summed E-state index contributed by atoms with van der Waals surface area (Å²) in [5.74, 6) is 1.69. The van der Waals surface area contributed by atoms with Crippen LogP contribution in [0.4, 0.5) is 0 Å². The first-order valence-corrected chi connectivity index (χ1v) is 5.19. The number of hydrogen-bond donors (Lipinski definition) is 1. The highest BCUT2D eigenvalue weighted by Crippen LogP contribution is 2.55. The van der Waals surface area contributed by atoms with Gasteiger partial charge in [-0.05, 0) is 31.1 Å². The van der Waals surface area contributed by atoms with Gasteiger partial charge in [-0.1, -0.05) is 6.42 Å². The molecule has 1 amide bonds. The van der Waals surface area contributed by atoms with E-state index >= 15 is 0 Å². The lowest BCUT2D eigenvalue weighted by Gasteiger charge is -2.40. The average molecular weight is 181 g/mol. The maximum atomic E-state index is 11.3. The smallest absolute Gasteiger partial charge is 0.246 e. The summed E-state index contributed by atoms with van der Waals surface area (Å²) in [7, 11) is 0. The minimum Gasteiger partial charge on any atom is -0.369 e. The van der Waals surface area contributed by atoms with Crippen LogP contribution in [-0.4, -0.2) is 24.7 Å². The van der Waals surface area contributed by atoms with Crippen molar-refractivity contribution in [2.24, 2.45) is 11.8 Å². The molecule has 0 aromatic rings. The van der Waals surface area contributed by atoms with Crippen LogP contribution >= 0.6 is 0 Å². The maximum absolute atomic E-state index is 11.3. The Kier molecular flexibility index (Phi) is 1.48. The number of carbonyl (C=O) groups is 1. The van der Waals surface area contributed by atoms with Crippen LogP contribution in [0, 0.1) is 11.8 Å². The number of nitrogens with one attached hydrogen (secondary N) is 1. The van der Waals surface area contributed by atoms with E-state index in [1.165, 1.54) is 19.3 Å². The Labute approximate surface area is 77.8 Å². The van der Waals surface area contributed by atoms with Gasteiger partial charge in [-0.2, -0.15) is 0 Å². The van der Waals surface area contributed by atoms with E-state index in [0.29, 0.717) is 0 Å². The van der Waals surface area contributed by atoms with Gasteiger partial charge in [0.2, 0.25) is 5.91 Å². The predicted octanol–water partition coefficient (Wildman–Crippen LogP) is 0.692. The third kappa shape index (κ3) is 1.10. The number of rotatable bonds is 0. The molecule has 2 saturated carbocycles. The molecule has 3 rings (SSSR count). The summed E-state index contributed by atoms with van der Waals surface area (Å²) in [6.07, 6.45) is 5.05. The van der Waals surface area contributed by atoms with Gasteiger partial charge in [0.25, 0.3) is 0 Å². The molecule has 1 aliphatic heterocycles. The Morgan fingerprint density at radius 1 is 1.54 bits per heavy atom. The van der Waals surface area contributed by atoms with Crippen LogP contribution in [0.25, 0.3) is 0 Å². The van der Waals surface area contributed by atoms with Crippen molar-refractivity contribution in [3.63, 3.8) is 0 Å². The van der Waals surface area contributed by atoms with Crippen molar-refractivity contribution in [3.05, 3.63) is 0 Å². The number of fused-ring (bicyclic) bond motifs is 2. The summed E-state index contributed by atoms with van der Waals surface area (Å²) >= 11 is 0.